The normalized spacial score (nSPS) is 14.5. The van der Waals surface area contributed by atoms with Crippen LogP contribution in [0.4, 0.5) is 11.4 Å². The van der Waals surface area contributed by atoms with Crippen molar-refractivity contribution in [2.75, 3.05) is 24.2 Å². The van der Waals surface area contributed by atoms with E-state index in [0.717, 1.165) is 42.3 Å². The molecule has 0 radical (unpaired) electrons. The zero-order valence-electron chi connectivity index (χ0n) is 21.4. The van der Waals surface area contributed by atoms with Gasteiger partial charge in [-0.05, 0) is 43.5 Å². The minimum Gasteiger partial charge on any atom is -0.495 e. The fourth-order valence-electron chi connectivity index (χ4n) is 4.34. The van der Waals surface area contributed by atoms with E-state index in [2.05, 4.69) is 5.32 Å². The Labute approximate surface area is 226 Å². The molecule has 1 fully saturated rings. The summed E-state index contributed by atoms with van der Waals surface area (Å²) in [7, 11) is -2.81. The Hall–Kier alpha value is -3.38. The summed E-state index contributed by atoms with van der Waals surface area (Å²) < 4.78 is 31.6. The first-order chi connectivity index (χ1) is 17.9. The molecule has 0 spiro atoms. The number of anilines is 1. The molecule has 38 heavy (non-hydrogen) atoms. The van der Waals surface area contributed by atoms with Gasteiger partial charge in [-0.15, -0.1) is 0 Å². The number of carbonyl (C=O) groups is 2. The van der Waals surface area contributed by atoms with Crippen molar-refractivity contribution in [1.82, 2.24) is 10.2 Å². The molecule has 11 nitrogen and oxygen atoms in total. The topological polar surface area (TPSA) is 139 Å². The zero-order chi connectivity index (χ0) is 28.0. The lowest BCUT2D eigenvalue weighted by Crippen LogP contribution is -2.52. The van der Waals surface area contributed by atoms with Gasteiger partial charge in [-0.1, -0.05) is 36.6 Å². The molecular weight excluding hydrogens is 536 g/mol. The Morgan fingerprint density at radius 3 is 2.37 bits per heavy atom. The fourth-order valence-corrected chi connectivity index (χ4v) is 5.31. The van der Waals surface area contributed by atoms with E-state index in [-0.39, 0.29) is 35.6 Å². The molecule has 2 amide bonds. The fraction of sp³-hybridized carbons (Fsp3) is 0.440. The van der Waals surface area contributed by atoms with Gasteiger partial charge in [0.1, 0.15) is 24.0 Å². The smallest absolute Gasteiger partial charge is 0.271 e. The van der Waals surface area contributed by atoms with E-state index < -0.39 is 33.4 Å². The van der Waals surface area contributed by atoms with Crippen LogP contribution in [0.15, 0.2) is 42.5 Å². The molecular formula is C25H31ClN4O7S. The van der Waals surface area contributed by atoms with Crippen LogP contribution in [0.3, 0.4) is 0 Å². The molecule has 1 saturated carbocycles. The number of carbonyl (C=O) groups excluding carboxylic acids is 2. The first-order valence-electron chi connectivity index (χ1n) is 12.0. The number of hydrogen-bond donors (Lipinski definition) is 1. The number of nitro benzene ring substituents is 1. The van der Waals surface area contributed by atoms with Crippen molar-refractivity contribution >= 4 is 44.8 Å². The lowest BCUT2D eigenvalue weighted by Gasteiger charge is -2.32. The second kappa shape index (κ2) is 12.4. The molecule has 2 aromatic rings. The number of nitrogens with one attached hydrogen (secondary N) is 1. The number of hydrogen-bond acceptors (Lipinski definition) is 7. The van der Waals surface area contributed by atoms with Crippen molar-refractivity contribution in [1.29, 1.82) is 0 Å². The second-order valence-electron chi connectivity index (χ2n) is 9.20. The molecule has 1 N–H and O–H groups in total. The molecule has 2 aromatic carbocycles. The molecule has 0 bridgehead atoms. The first-order valence-corrected chi connectivity index (χ1v) is 14.3. The van der Waals surface area contributed by atoms with Gasteiger partial charge in [0, 0.05) is 29.7 Å². The van der Waals surface area contributed by atoms with Gasteiger partial charge >= 0.3 is 0 Å². The highest BCUT2D eigenvalue weighted by molar-refractivity contribution is 7.92. The van der Waals surface area contributed by atoms with Crippen LogP contribution in [0.1, 0.15) is 38.2 Å². The van der Waals surface area contributed by atoms with Gasteiger partial charge in [0.25, 0.3) is 5.69 Å². The van der Waals surface area contributed by atoms with Crippen LogP contribution in [-0.2, 0) is 26.2 Å². The average Bonchev–Trinajstić information content (AvgIpc) is 3.38. The van der Waals surface area contributed by atoms with Crippen molar-refractivity contribution in [2.45, 2.75) is 51.2 Å². The number of amides is 2. The Balaban J connectivity index is 1.96. The van der Waals surface area contributed by atoms with Gasteiger partial charge in [-0.25, -0.2) is 8.42 Å². The molecule has 0 saturated heterocycles. The summed E-state index contributed by atoms with van der Waals surface area (Å²) in [5, 5.41) is 14.8. The largest absolute Gasteiger partial charge is 0.495 e. The molecule has 1 aliphatic carbocycles. The van der Waals surface area contributed by atoms with Crippen LogP contribution < -0.4 is 14.4 Å². The Bertz CT molecular complexity index is 1280. The Kier molecular flexibility index (Phi) is 9.55. The minimum atomic E-state index is -4.10. The van der Waals surface area contributed by atoms with Crippen molar-refractivity contribution in [3.63, 3.8) is 0 Å². The highest BCUT2D eigenvalue weighted by atomic mass is 35.5. The standard InChI is InChI=1S/C25H31ClN4O7S/c1-17(25(32)27-20-6-4-5-7-20)28(15-18-8-10-19(26)11-9-18)24(31)16-29(38(3,35)36)22-14-21(30(33)34)12-13-23(22)37-2/h8-14,17,20H,4-7,15-16H2,1-3H3,(H,27,32)/t17-/m1/s1. The molecule has 0 unspecified atom stereocenters. The highest BCUT2D eigenvalue weighted by Gasteiger charge is 2.33. The molecule has 0 aliphatic heterocycles. The summed E-state index contributed by atoms with van der Waals surface area (Å²) in [6, 6.07) is 9.30. The summed E-state index contributed by atoms with van der Waals surface area (Å²) >= 11 is 5.99. The van der Waals surface area contributed by atoms with E-state index in [1.54, 1.807) is 31.2 Å². The van der Waals surface area contributed by atoms with Gasteiger partial charge in [0.2, 0.25) is 21.8 Å². The molecule has 1 aliphatic rings. The quantitative estimate of drug-likeness (QED) is 0.324. The molecule has 0 heterocycles. The van der Waals surface area contributed by atoms with Crippen LogP contribution in [-0.4, -0.2) is 62.0 Å². The summed E-state index contributed by atoms with van der Waals surface area (Å²) in [4.78, 5) is 38.8. The maximum Gasteiger partial charge on any atom is 0.271 e. The predicted molar refractivity (Wildman–Crippen MR) is 144 cm³/mol. The van der Waals surface area contributed by atoms with Crippen LogP contribution in [0, 0.1) is 10.1 Å². The van der Waals surface area contributed by atoms with E-state index in [0.29, 0.717) is 10.6 Å². The van der Waals surface area contributed by atoms with Crippen LogP contribution in [0.2, 0.25) is 5.02 Å². The summed E-state index contributed by atoms with van der Waals surface area (Å²) in [5.74, 6) is -0.990. The first kappa shape index (κ1) is 29.2. The molecule has 0 aromatic heterocycles. The SMILES string of the molecule is COc1ccc([N+](=O)[O-])cc1N(CC(=O)N(Cc1ccc(Cl)cc1)[C@H](C)C(=O)NC1CCCC1)S(C)(=O)=O. The third kappa shape index (κ3) is 7.35. The number of non-ortho nitro benzene ring substituents is 1. The molecule has 3 rings (SSSR count). The average molecular weight is 567 g/mol. The van der Waals surface area contributed by atoms with Gasteiger partial charge in [-0.2, -0.15) is 0 Å². The van der Waals surface area contributed by atoms with Crippen LogP contribution in [0.25, 0.3) is 0 Å². The lowest BCUT2D eigenvalue weighted by molar-refractivity contribution is -0.384. The van der Waals surface area contributed by atoms with Crippen LogP contribution >= 0.6 is 11.6 Å². The van der Waals surface area contributed by atoms with E-state index in [1.807, 2.05) is 0 Å². The third-order valence-corrected chi connectivity index (χ3v) is 7.83. The lowest BCUT2D eigenvalue weighted by atomic mass is 10.1. The minimum absolute atomic E-state index is 0.0128. The zero-order valence-corrected chi connectivity index (χ0v) is 23.0. The van der Waals surface area contributed by atoms with Crippen molar-refractivity contribution in [3.8, 4) is 5.75 Å². The maximum absolute atomic E-state index is 13.7. The number of nitrogens with zero attached hydrogens (tertiary/aromatic N) is 3. The van der Waals surface area contributed by atoms with E-state index in [1.165, 1.54) is 24.1 Å². The second-order valence-corrected chi connectivity index (χ2v) is 11.5. The maximum atomic E-state index is 13.7. The molecule has 206 valence electrons. The van der Waals surface area contributed by atoms with Crippen molar-refractivity contribution in [3.05, 3.63) is 63.2 Å². The monoisotopic (exact) mass is 566 g/mol. The number of benzene rings is 2. The summed E-state index contributed by atoms with van der Waals surface area (Å²) in [6.45, 7) is 0.890. The van der Waals surface area contributed by atoms with Crippen molar-refractivity contribution in [2.24, 2.45) is 0 Å². The summed E-state index contributed by atoms with van der Waals surface area (Å²) in [6.07, 6.45) is 4.64. The van der Waals surface area contributed by atoms with Gasteiger partial charge < -0.3 is 15.0 Å². The number of halogens is 1. The Morgan fingerprint density at radius 1 is 1.18 bits per heavy atom. The van der Waals surface area contributed by atoms with Gasteiger partial charge in [0.15, 0.2) is 0 Å². The number of sulfonamides is 1. The summed E-state index contributed by atoms with van der Waals surface area (Å²) in [5.41, 5.74) is 0.151. The van der Waals surface area contributed by atoms with Crippen molar-refractivity contribution < 1.29 is 27.7 Å². The molecule has 1 atom stereocenters. The number of nitro groups is 1. The van der Waals surface area contributed by atoms with E-state index in [4.69, 9.17) is 16.3 Å². The molecule has 13 heteroatoms. The predicted octanol–water partition coefficient (Wildman–Crippen LogP) is 3.50. The van der Waals surface area contributed by atoms with E-state index in [9.17, 15) is 28.1 Å². The van der Waals surface area contributed by atoms with Crippen LogP contribution in [0.5, 0.6) is 5.75 Å². The number of rotatable bonds is 11. The number of ether oxygens (including phenoxy) is 1. The Morgan fingerprint density at radius 2 is 1.82 bits per heavy atom. The van der Waals surface area contributed by atoms with Gasteiger partial charge in [0.05, 0.1) is 18.3 Å². The van der Waals surface area contributed by atoms with E-state index >= 15 is 0 Å². The highest BCUT2D eigenvalue weighted by Crippen LogP contribution is 2.34. The number of methoxy groups -OCH3 is 1. The van der Waals surface area contributed by atoms with Gasteiger partial charge in [-0.3, -0.25) is 24.0 Å². The third-order valence-electron chi connectivity index (χ3n) is 6.46.